The summed E-state index contributed by atoms with van der Waals surface area (Å²) in [5.41, 5.74) is 3.00. The zero-order valence-corrected chi connectivity index (χ0v) is 14.1. The number of carbonyl (C=O) groups is 2. The second-order valence-electron chi connectivity index (χ2n) is 5.86. The number of aryl methyl sites for hydroxylation is 1. The molecule has 2 rings (SSSR count). The van der Waals surface area contributed by atoms with Crippen molar-refractivity contribution < 1.29 is 14.4 Å². The van der Waals surface area contributed by atoms with Gasteiger partial charge in [-0.1, -0.05) is 11.3 Å². The number of piperidine rings is 1. The predicted octanol–water partition coefficient (Wildman–Crippen LogP) is 0.457. The zero-order chi connectivity index (χ0) is 17.4. The molecule has 2 heterocycles. The normalized spacial score (nSPS) is 15.0. The number of hydroxylamine groups is 1. The van der Waals surface area contributed by atoms with Crippen LogP contribution in [0, 0.1) is 0 Å². The molecule has 0 radical (unpaired) electrons. The molecule has 9 heteroatoms. The number of carbonyl (C=O) groups excluding carboxylic acids is 2. The van der Waals surface area contributed by atoms with E-state index in [9.17, 15) is 9.59 Å². The van der Waals surface area contributed by atoms with E-state index in [2.05, 4.69) is 15.8 Å². The largest absolute Gasteiger partial charge is 0.434 e. The Bertz CT molecular complexity index is 580. The Morgan fingerprint density at radius 2 is 2.12 bits per heavy atom. The first-order chi connectivity index (χ1) is 11.5. The van der Waals surface area contributed by atoms with E-state index in [0.29, 0.717) is 26.2 Å². The van der Waals surface area contributed by atoms with E-state index in [1.54, 1.807) is 15.7 Å². The van der Waals surface area contributed by atoms with Crippen molar-refractivity contribution >= 4 is 12.0 Å². The summed E-state index contributed by atoms with van der Waals surface area (Å²) in [6.07, 6.45) is 7.45. The molecule has 9 nitrogen and oxygen atoms in total. The lowest BCUT2D eigenvalue weighted by Gasteiger charge is -2.25. The molecule has 0 saturated carbocycles. The maximum Gasteiger partial charge on any atom is 0.434 e. The summed E-state index contributed by atoms with van der Waals surface area (Å²) < 4.78 is 1.64. The molecule has 132 valence electrons. The second-order valence-corrected chi connectivity index (χ2v) is 5.86. The van der Waals surface area contributed by atoms with Crippen molar-refractivity contribution in [3.63, 3.8) is 0 Å². The van der Waals surface area contributed by atoms with E-state index in [1.165, 1.54) is 6.08 Å². The minimum absolute atomic E-state index is 0.465. The van der Waals surface area contributed by atoms with Crippen LogP contribution in [0.2, 0.25) is 0 Å². The van der Waals surface area contributed by atoms with Gasteiger partial charge in [0, 0.05) is 45.5 Å². The maximum atomic E-state index is 11.7. The molecule has 1 N–H and O–H groups in total. The Morgan fingerprint density at radius 1 is 1.38 bits per heavy atom. The Kier molecular flexibility index (Phi) is 6.74. The lowest BCUT2D eigenvalue weighted by Crippen LogP contribution is -2.39. The van der Waals surface area contributed by atoms with Gasteiger partial charge in [-0.2, -0.15) is 5.48 Å². The molecule has 0 spiro atoms. The van der Waals surface area contributed by atoms with Crippen molar-refractivity contribution in [3.05, 3.63) is 24.0 Å². The van der Waals surface area contributed by atoms with Gasteiger partial charge in [0.2, 0.25) is 0 Å². The van der Waals surface area contributed by atoms with Crippen LogP contribution in [0.25, 0.3) is 0 Å². The van der Waals surface area contributed by atoms with Crippen molar-refractivity contribution in [2.45, 2.75) is 25.8 Å². The Morgan fingerprint density at radius 3 is 2.79 bits per heavy atom. The van der Waals surface area contributed by atoms with Crippen LogP contribution in [0.1, 0.15) is 25.0 Å². The molecule has 0 aromatic carbocycles. The highest BCUT2D eigenvalue weighted by atomic mass is 16.7. The number of nitrogens with one attached hydrogen (secondary N) is 1. The van der Waals surface area contributed by atoms with E-state index in [1.807, 2.05) is 25.2 Å². The summed E-state index contributed by atoms with van der Waals surface area (Å²) in [5.74, 6) is -0.465. The van der Waals surface area contributed by atoms with Gasteiger partial charge in [0.15, 0.2) is 0 Å². The standard InChI is InChI=1S/C15H24N6O3/c1-19(11-13-12-20(2)18-16-13)8-6-7-14(22)17-24-15(23)21-9-4-3-5-10-21/h6-7,12H,3-5,8-11H2,1-2H3,(H,17,22)/b7-6+. The molecular weight excluding hydrogens is 312 g/mol. The van der Waals surface area contributed by atoms with Gasteiger partial charge in [-0.15, -0.1) is 5.10 Å². The Hall–Kier alpha value is -2.42. The van der Waals surface area contributed by atoms with E-state index in [4.69, 9.17) is 4.84 Å². The van der Waals surface area contributed by atoms with Gasteiger partial charge in [0.1, 0.15) is 0 Å². The highest BCUT2D eigenvalue weighted by Crippen LogP contribution is 2.09. The van der Waals surface area contributed by atoms with Gasteiger partial charge in [0.05, 0.1) is 5.69 Å². The Labute approximate surface area is 141 Å². The molecule has 1 saturated heterocycles. The number of amides is 2. The molecule has 0 atom stereocenters. The van der Waals surface area contributed by atoms with Crippen LogP contribution < -0.4 is 5.48 Å². The highest BCUT2D eigenvalue weighted by Gasteiger charge is 2.18. The third-order valence-corrected chi connectivity index (χ3v) is 3.62. The number of aromatic nitrogens is 3. The van der Waals surface area contributed by atoms with Crippen molar-refractivity contribution in [2.24, 2.45) is 7.05 Å². The molecule has 1 aromatic heterocycles. The molecule has 24 heavy (non-hydrogen) atoms. The van der Waals surface area contributed by atoms with E-state index in [-0.39, 0.29) is 0 Å². The summed E-state index contributed by atoms with van der Waals surface area (Å²) in [4.78, 5) is 31.7. The van der Waals surface area contributed by atoms with Crippen molar-refractivity contribution in [3.8, 4) is 0 Å². The van der Waals surface area contributed by atoms with Gasteiger partial charge < -0.3 is 9.74 Å². The smallest absolute Gasteiger partial charge is 0.321 e. The van der Waals surface area contributed by atoms with Gasteiger partial charge in [-0.3, -0.25) is 14.4 Å². The molecule has 1 aliphatic rings. The van der Waals surface area contributed by atoms with E-state index in [0.717, 1.165) is 25.0 Å². The SMILES string of the molecule is CN(C/C=C/C(=O)NOC(=O)N1CCCCC1)Cc1cn(C)nn1. The fourth-order valence-electron chi connectivity index (χ4n) is 2.42. The minimum atomic E-state index is -0.503. The molecule has 0 unspecified atom stereocenters. The molecule has 1 fully saturated rings. The fraction of sp³-hybridized carbons (Fsp3) is 0.600. The number of likely N-dealkylation sites (tertiary alicyclic amines) is 1. The average Bonchev–Trinajstić information content (AvgIpc) is 2.98. The van der Waals surface area contributed by atoms with Crippen molar-refractivity contribution in [2.75, 3.05) is 26.7 Å². The first-order valence-electron chi connectivity index (χ1n) is 8.00. The summed E-state index contributed by atoms with van der Waals surface area (Å²) in [7, 11) is 3.72. The lowest BCUT2D eigenvalue weighted by molar-refractivity contribution is -0.125. The fourth-order valence-corrected chi connectivity index (χ4v) is 2.42. The Balaban J connectivity index is 1.64. The molecular formula is C15H24N6O3. The lowest BCUT2D eigenvalue weighted by atomic mass is 10.1. The van der Waals surface area contributed by atoms with Gasteiger partial charge in [-0.25, -0.2) is 4.79 Å². The van der Waals surface area contributed by atoms with Gasteiger partial charge in [-0.05, 0) is 26.3 Å². The second kappa shape index (κ2) is 9.02. The van der Waals surface area contributed by atoms with E-state index >= 15 is 0 Å². The van der Waals surface area contributed by atoms with Crippen LogP contribution >= 0.6 is 0 Å². The first-order valence-corrected chi connectivity index (χ1v) is 8.00. The number of nitrogens with zero attached hydrogens (tertiary/aromatic N) is 5. The maximum absolute atomic E-state index is 11.7. The average molecular weight is 336 g/mol. The van der Waals surface area contributed by atoms with Gasteiger partial charge in [0.25, 0.3) is 5.91 Å². The number of rotatable bonds is 5. The summed E-state index contributed by atoms with van der Waals surface area (Å²) in [5, 5.41) is 7.86. The van der Waals surface area contributed by atoms with E-state index < -0.39 is 12.0 Å². The van der Waals surface area contributed by atoms with Crippen molar-refractivity contribution in [1.29, 1.82) is 0 Å². The monoisotopic (exact) mass is 336 g/mol. The summed E-state index contributed by atoms with van der Waals surface area (Å²) in [6.45, 7) is 2.54. The topological polar surface area (TPSA) is 92.6 Å². The summed E-state index contributed by atoms with van der Waals surface area (Å²) >= 11 is 0. The summed E-state index contributed by atoms with van der Waals surface area (Å²) in [6, 6.07) is 0. The van der Waals surface area contributed by atoms with Crippen LogP contribution in [0.15, 0.2) is 18.3 Å². The van der Waals surface area contributed by atoms with Crippen molar-refractivity contribution in [1.82, 2.24) is 30.3 Å². The first kappa shape index (κ1) is 17.9. The minimum Gasteiger partial charge on any atom is -0.321 e. The van der Waals surface area contributed by atoms with Crippen LogP contribution in [0.3, 0.4) is 0 Å². The third kappa shape index (κ3) is 5.99. The number of likely N-dealkylation sites (N-methyl/N-ethyl adjacent to an activating group) is 1. The number of hydrogen-bond acceptors (Lipinski definition) is 6. The molecule has 2 amide bonds. The van der Waals surface area contributed by atoms with Crippen LogP contribution in [0.4, 0.5) is 4.79 Å². The van der Waals surface area contributed by atoms with Crippen LogP contribution in [-0.2, 0) is 23.2 Å². The third-order valence-electron chi connectivity index (χ3n) is 3.62. The zero-order valence-electron chi connectivity index (χ0n) is 14.1. The van der Waals surface area contributed by atoms with Crippen LogP contribution in [0.5, 0.6) is 0 Å². The molecule has 1 aliphatic heterocycles. The van der Waals surface area contributed by atoms with Crippen LogP contribution in [-0.4, -0.2) is 63.5 Å². The molecule has 1 aromatic rings. The predicted molar refractivity (Wildman–Crippen MR) is 86.5 cm³/mol. The quantitative estimate of drug-likeness (QED) is 0.620. The molecule has 0 bridgehead atoms. The number of hydrogen-bond donors (Lipinski definition) is 1. The highest BCUT2D eigenvalue weighted by molar-refractivity contribution is 5.87. The molecule has 0 aliphatic carbocycles. The van der Waals surface area contributed by atoms with Gasteiger partial charge >= 0.3 is 6.09 Å².